The zero-order valence-electron chi connectivity index (χ0n) is 9.88. The molecule has 3 rings (SSSR count). The Morgan fingerprint density at radius 2 is 2.24 bits per heavy atom. The molecule has 0 saturated carbocycles. The van der Waals surface area contributed by atoms with E-state index in [0.717, 1.165) is 31.7 Å². The van der Waals surface area contributed by atoms with Crippen LogP contribution in [0, 0.1) is 0 Å². The van der Waals surface area contributed by atoms with Gasteiger partial charge < -0.3 is 4.90 Å². The van der Waals surface area contributed by atoms with Gasteiger partial charge in [0.2, 0.25) is 0 Å². The van der Waals surface area contributed by atoms with E-state index in [1.54, 1.807) is 6.20 Å². The lowest BCUT2D eigenvalue weighted by Gasteiger charge is -2.38. The number of pyridine rings is 1. The van der Waals surface area contributed by atoms with Gasteiger partial charge in [0.1, 0.15) is 5.82 Å². The van der Waals surface area contributed by atoms with Crippen molar-refractivity contribution in [2.24, 2.45) is 0 Å². The van der Waals surface area contributed by atoms with E-state index in [-0.39, 0.29) is 0 Å². The largest absolute Gasteiger partial charge is 0.354 e. The minimum atomic E-state index is 0.647. The molecule has 1 aromatic rings. The second kappa shape index (κ2) is 4.45. The Morgan fingerprint density at radius 1 is 1.29 bits per heavy atom. The summed E-state index contributed by atoms with van der Waals surface area (Å²) in [5.41, 5.74) is 0.647. The van der Waals surface area contributed by atoms with E-state index >= 15 is 0 Å². The number of hydrogen-bond donors (Lipinski definition) is 0. The number of fused-ring (bicyclic) bond motifs is 1. The van der Waals surface area contributed by atoms with Crippen LogP contribution in [0.15, 0.2) is 18.3 Å². The minimum Gasteiger partial charge on any atom is -0.354 e. The Kier molecular flexibility index (Phi) is 2.81. The van der Waals surface area contributed by atoms with Crippen LogP contribution in [0.2, 0.25) is 0 Å². The summed E-state index contributed by atoms with van der Waals surface area (Å²) in [6.07, 6.45) is 5.13. The third-order valence-corrected chi connectivity index (χ3v) is 3.82. The second-order valence-electron chi connectivity index (χ2n) is 4.85. The minimum absolute atomic E-state index is 0.647. The molecule has 0 amide bonds. The van der Waals surface area contributed by atoms with Crippen LogP contribution in [0.4, 0.5) is 5.82 Å². The third-order valence-electron chi connectivity index (χ3n) is 3.82. The molecule has 0 radical (unpaired) electrons. The number of carbonyl (C=O) groups excluding carboxylic acids is 1. The van der Waals surface area contributed by atoms with Crippen molar-refractivity contribution < 1.29 is 4.79 Å². The lowest BCUT2D eigenvalue weighted by Crippen LogP contribution is -2.50. The lowest BCUT2D eigenvalue weighted by molar-refractivity contribution is 0.112. The molecular weight excluding hydrogens is 214 g/mol. The van der Waals surface area contributed by atoms with Crippen LogP contribution in [0.5, 0.6) is 0 Å². The van der Waals surface area contributed by atoms with Crippen molar-refractivity contribution in [2.45, 2.75) is 18.9 Å². The molecule has 2 aliphatic rings. The zero-order chi connectivity index (χ0) is 11.7. The monoisotopic (exact) mass is 231 g/mol. The van der Waals surface area contributed by atoms with Crippen LogP contribution in [0.25, 0.3) is 0 Å². The first-order valence-electron chi connectivity index (χ1n) is 6.27. The van der Waals surface area contributed by atoms with Gasteiger partial charge in [0.15, 0.2) is 6.29 Å². The molecule has 0 N–H and O–H groups in total. The first-order chi connectivity index (χ1) is 8.36. The molecule has 4 heteroatoms. The number of nitrogens with zero attached hydrogens (tertiary/aromatic N) is 3. The summed E-state index contributed by atoms with van der Waals surface area (Å²) in [5, 5.41) is 0. The van der Waals surface area contributed by atoms with Crippen LogP contribution in [-0.4, -0.2) is 48.4 Å². The molecule has 0 aromatic carbocycles. The molecule has 0 aliphatic carbocycles. The normalized spacial score (nSPS) is 24.7. The number of aromatic nitrogens is 1. The molecule has 17 heavy (non-hydrogen) atoms. The maximum absolute atomic E-state index is 10.6. The molecule has 1 aromatic heterocycles. The van der Waals surface area contributed by atoms with E-state index in [1.807, 2.05) is 12.1 Å². The van der Waals surface area contributed by atoms with Crippen LogP contribution in [-0.2, 0) is 0 Å². The maximum Gasteiger partial charge on any atom is 0.151 e. The van der Waals surface area contributed by atoms with Gasteiger partial charge in [-0.25, -0.2) is 4.98 Å². The van der Waals surface area contributed by atoms with Gasteiger partial charge in [-0.3, -0.25) is 9.69 Å². The van der Waals surface area contributed by atoms with Gasteiger partial charge in [0, 0.05) is 37.4 Å². The van der Waals surface area contributed by atoms with Crippen LogP contribution < -0.4 is 4.90 Å². The molecular formula is C13H17N3O. The predicted molar refractivity (Wildman–Crippen MR) is 66.4 cm³/mol. The first-order valence-corrected chi connectivity index (χ1v) is 6.27. The molecule has 4 nitrogen and oxygen atoms in total. The average molecular weight is 231 g/mol. The lowest BCUT2D eigenvalue weighted by atomic mass is 10.1. The summed E-state index contributed by atoms with van der Waals surface area (Å²) in [4.78, 5) is 19.9. The Balaban J connectivity index is 1.73. The van der Waals surface area contributed by atoms with E-state index in [1.165, 1.54) is 19.4 Å². The molecule has 2 aliphatic heterocycles. The summed E-state index contributed by atoms with van der Waals surface area (Å²) >= 11 is 0. The molecule has 3 heterocycles. The average Bonchev–Trinajstić information content (AvgIpc) is 2.86. The highest BCUT2D eigenvalue weighted by Gasteiger charge is 2.30. The SMILES string of the molecule is O=Cc1ccc(N2CCN3CCCC3C2)nc1. The summed E-state index contributed by atoms with van der Waals surface area (Å²) in [7, 11) is 0. The van der Waals surface area contributed by atoms with Crippen molar-refractivity contribution in [3.05, 3.63) is 23.9 Å². The van der Waals surface area contributed by atoms with Crippen LogP contribution >= 0.6 is 0 Å². The fourth-order valence-corrected chi connectivity index (χ4v) is 2.85. The molecule has 1 atom stereocenters. The summed E-state index contributed by atoms with van der Waals surface area (Å²) in [6.45, 7) is 4.52. The quantitative estimate of drug-likeness (QED) is 0.716. The standard InChI is InChI=1S/C13H17N3O/c17-10-11-3-4-13(14-8-11)16-7-6-15-5-1-2-12(15)9-16/h3-4,8,10,12H,1-2,5-7,9H2. The fourth-order valence-electron chi connectivity index (χ4n) is 2.85. The van der Waals surface area contributed by atoms with Gasteiger partial charge in [0.25, 0.3) is 0 Å². The molecule has 1 unspecified atom stereocenters. The molecule has 2 saturated heterocycles. The maximum atomic E-state index is 10.6. The second-order valence-corrected chi connectivity index (χ2v) is 4.85. The van der Waals surface area contributed by atoms with Gasteiger partial charge in [-0.15, -0.1) is 0 Å². The summed E-state index contributed by atoms with van der Waals surface area (Å²) < 4.78 is 0. The molecule has 0 spiro atoms. The van der Waals surface area contributed by atoms with Gasteiger partial charge in [-0.05, 0) is 31.5 Å². The summed E-state index contributed by atoms with van der Waals surface area (Å²) in [6, 6.07) is 4.50. The molecule has 2 fully saturated rings. The Labute approximate surface area is 101 Å². The highest BCUT2D eigenvalue weighted by Crippen LogP contribution is 2.24. The van der Waals surface area contributed by atoms with E-state index in [0.29, 0.717) is 11.6 Å². The van der Waals surface area contributed by atoms with Gasteiger partial charge in [-0.1, -0.05) is 0 Å². The zero-order valence-corrected chi connectivity index (χ0v) is 9.88. The Morgan fingerprint density at radius 3 is 3.00 bits per heavy atom. The first kappa shape index (κ1) is 10.7. The Bertz CT molecular complexity index is 404. The Hall–Kier alpha value is -1.42. The van der Waals surface area contributed by atoms with Crippen molar-refractivity contribution in [3.63, 3.8) is 0 Å². The van der Waals surface area contributed by atoms with Gasteiger partial charge in [0.05, 0.1) is 0 Å². The smallest absolute Gasteiger partial charge is 0.151 e. The highest BCUT2D eigenvalue weighted by atomic mass is 16.1. The number of piperazine rings is 1. The number of hydrogen-bond acceptors (Lipinski definition) is 4. The highest BCUT2D eigenvalue weighted by molar-refractivity contribution is 5.74. The van der Waals surface area contributed by atoms with Crippen molar-refractivity contribution in [2.75, 3.05) is 31.1 Å². The molecule has 0 bridgehead atoms. The number of anilines is 1. The topological polar surface area (TPSA) is 36.4 Å². The van der Waals surface area contributed by atoms with E-state index in [9.17, 15) is 4.79 Å². The van der Waals surface area contributed by atoms with Crippen LogP contribution in [0.3, 0.4) is 0 Å². The van der Waals surface area contributed by atoms with Crippen molar-refractivity contribution in [3.8, 4) is 0 Å². The molecule has 90 valence electrons. The van der Waals surface area contributed by atoms with Crippen molar-refractivity contribution in [1.82, 2.24) is 9.88 Å². The van der Waals surface area contributed by atoms with Crippen molar-refractivity contribution >= 4 is 12.1 Å². The number of rotatable bonds is 2. The van der Waals surface area contributed by atoms with E-state index in [4.69, 9.17) is 0 Å². The summed E-state index contributed by atoms with van der Waals surface area (Å²) in [5.74, 6) is 1.00. The van der Waals surface area contributed by atoms with Crippen LogP contribution in [0.1, 0.15) is 23.2 Å². The van der Waals surface area contributed by atoms with Crippen molar-refractivity contribution in [1.29, 1.82) is 0 Å². The van der Waals surface area contributed by atoms with Gasteiger partial charge in [-0.2, -0.15) is 0 Å². The fraction of sp³-hybridized carbons (Fsp3) is 0.538. The third kappa shape index (κ3) is 2.05. The number of aldehydes is 1. The number of carbonyl (C=O) groups is 1. The predicted octanol–water partition coefficient (Wildman–Crippen LogP) is 1.18. The van der Waals surface area contributed by atoms with E-state index in [2.05, 4.69) is 14.8 Å². The van der Waals surface area contributed by atoms with Gasteiger partial charge >= 0.3 is 0 Å². The van der Waals surface area contributed by atoms with E-state index < -0.39 is 0 Å².